The van der Waals surface area contributed by atoms with Gasteiger partial charge in [0.15, 0.2) is 0 Å². The number of rotatable bonds is 7. The van der Waals surface area contributed by atoms with Gasteiger partial charge < -0.3 is 9.47 Å². The number of nitrogens with zero attached hydrogens (tertiary/aromatic N) is 1. The smallest absolute Gasteiger partial charge is 0.323 e. The Morgan fingerprint density at radius 2 is 2.11 bits per heavy atom. The number of carbonyl (C=O) groups is 1. The van der Waals surface area contributed by atoms with E-state index in [2.05, 4.69) is 0 Å². The van der Waals surface area contributed by atoms with Crippen LogP contribution in [0.15, 0.2) is 30.3 Å². The topological polar surface area (TPSA) is 59.3 Å². The molecule has 96 valence electrons. The highest BCUT2D eigenvalue weighted by Gasteiger charge is 2.18. The molecule has 18 heavy (non-hydrogen) atoms. The van der Waals surface area contributed by atoms with Crippen LogP contribution in [0.3, 0.4) is 0 Å². The molecule has 0 saturated carbocycles. The van der Waals surface area contributed by atoms with Gasteiger partial charge in [0.2, 0.25) is 0 Å². The van der Waals surface area contributed by atoms with Gasteiger partial charge in [-0.2, -0.15) is 5.26 Å². The second-order valence-corrected chi connectivity index (χ2v) is 3.74. The molecule has 0 aliphatic heterocycles. The summed E-state index contributed by atoms with van der Waals surface area (Å²) in [5, 5.41) is 8.85. The lowest BCUT2D eigenvalue weighted by atomic mass is 10.1. The van der Waals surface area contributed by atoms with Gasteiger partial charge in [-0.05, 0) is 31.9 Å². The summed E-state index contributed by atoms with van der Waals surface area (Å²) >= 11 is 0. The van der Waals surface area contributed by atoms with Crippen LogP contribution in [-0.2, 0) is 9.53 Å². The second kappa shape index (κ2) is 8.13. The first kappa shape index (κ1) is 14.0. The van der Waals surface area contributed by atoms with Gasteiger partial charge in [0, 0.05) is 0 Å². The molecule has 1 aromatic rings. The molecule has 0 bridgehead atoms. The summed E-state index contributed by atoms with van der Waals surface area (Å²) in [5.41, 5.74) is 0. The summed E-state index contributed by atoms with van der Waals surface area (Å²) < 4.78 is 10.3. The van der Waals surface area contributed by atoms with Crippen LogP contribution in [-0.4, -0.2) is 19.2 Å². The number of nitriles is 1. The molecule has 4 nitrogen and oxygen atoms in total. The van der Waals surface area contributed by atoms with Gasteiger partial charge >= 0.3 is 5.97 Å². The number of benzene rings is 1. The first-order valence-corrected chi connectivity index (χ1v) is 6.02. The van der Waals surface area contributed by atoms with Crippen LogP contribution in [0.1, 0.15) is 19.8 Å². The molecule has 1 rings (SSSR count). The highest BCUT2D eigenvalue weighted by atomic mass is 16.5. The highest BCUT2D eigenvalue weighted by molar-refractivity contribution is 5.75. The number of hydrogen-bond acceptors (Lipinski definition) is 4. The summed E-state index contributed by atoms with van der Waals surface area (Å²) in [5.74, 6) is -0.342. The normalized spacial score (nSPS) is 11.3. The molecule has 4 heteroatoms. The molecule has 0 spiro atoms. The Balaban J connectivity index is 2.24. The number of para-hydroxylation sites is 1. The van der Waals surface area contributed by atoms with Crippen molar-refractivity contribution in [2.45, 2.75) is 19.8 Å². The average molecular weight is 247 g/mol. The Morgan fingerprint density at radius 1 is 1.39 bits per heavy atom. The summed E-state index contributed by atoms with van der Waals surface area (Å²) in [6.45, 7) is 2.52. The van der Waals surface area contributed by atoms with E-state index in [0.29, 0.717) is 26.1 Å². The fraction of sp³-hybridized carbons (Fsp3) is 0.429. The van der Waals surface area contributed by atoms with Gasteiger partial charge in [-0.1, -0.05) is 18.2 Å². The van der Waals surface area contributed by atoms with Crippen molar-refractivity contribution in [3.63, 3.8) is 0 Å². The Kier molecular flexibility index (Phi) is 6.34. The predicted molar refractivity (Wildman–Crippen MR) is 66.9 cm³/mol. The maximum atomic E-state index is 11.4. The van der Waals surface area contributed by atoms with E-state index >= 15 is 0 Å². The molecule has 1 atom stereocenters. The summed E-state index contributed by atoms with van der Waals surface area (Å²) in [6, 6.07) is 11.4. The molecule has 0 radical (unpaired) electrons. The SMILES string of the molecule is CCOC(=O)C(C#N)CCCOc1ccccc1. The van der Waals surface area contributed by atoms with Crippen LogP contribution in [0.2, 0.25) is 0 Å². The third kappa shape index (κ3) is 4.88. The van der Waals surface area contributed by atoms with E-state index in [1.807, 2.05) is 36.4 Å². The first-order valence-electron chi connectivity index (χ1n) is 6.02. The Bertz CT molecular complexity index is 397. The molecule has 0 fully saturated rings. The fourth-order valence-electron chi connectivity index (χ4n) is 1.47. The van der Waals surface area contributed by atoms with Crippen molar-refractivity contribution in [1.82, 2.24) is 0 Å². The molecule has 0 N–H and O–H groups in total. The summed E-state index contributed by atoms with van der Waals surface area (Å²) in [4.78, 5) is 11.4. The minimum Gasteiger partial charge on any atom is -0.494 e. The maximum absolute atomic E-state index is 11.4. The van der Waals surface area contributed by atoms with Crippen molar-refractivity contribution in [3.05, 3.63) is 30.3 Å². The number of carbonyl (C=O) groups excluding carboxylic acids is 1. The summed E-state index contributed by atoms with van der Waals surface area (Å²) in [7, 11) is 0. The zero-order chi connectivity index (χ0) is 13.2. The predicted octanol–water partition coefficient (Wildman–Crippen LogP) is 2.55. The molecule has 0 heterocycles. The van der Waals surface area contributed by atoms with Gasteiger partial charge in [0.1, 0.15) is 11.7 Å². The number of esters is 1. The van der Waals surface area contributed by atoms with Crippen molar-refractivity contribution in [2.75, 3.05) is 13.2 Å². The number of ether oxygens (including phenoxy) is 2. The van der Waals surface area contributed by atoms with Crippen LogP contribution < -0.4 is 4.74 Å². The second-order valence-electron chi connectivity index (χ2n) is 3.74. The van der Waals surface area contributed by atoms with Crippen molar-refractivity contribution in [2.24, 2.45) is 5.92 Å². The highest BCUT2D eigenvalue weighted by Crippen LogP contribution is 2.11. The van der Waals surface area contributed by atoms with Gasteiger partial charge in [0.05, 0.1) is 19.3 Å². The zero-order valence-corrected chi connectivity index (χ0v) is 10.5. The van der Waals surface area contributed by atoms with E-state index in [1.54, 1.807) is 6.92 Å². The zero-order valence-electron chi connectivity index (χ0n) is 10.5. The lowest BCUT2D eigenvalue weighted by Crippen LogP contribution is -2.17. The molecule has 0 aliphatic carbocycles. The lowest BCUT2D eigenvalue weighted by Gasteiger charge is -2.09. The Morgan fingerprint density at radius 3 is 2.72 bits per heavy atom. The molecule has 1 aromatic carbocycles. The van der Waals surface area contributed by atoms with Gasteiger partial charge in [0.25, 0.3) is 0 Å². The van der Waals surface area contributed by atoms with Crippen molar-refractivity contribution >= 4 is 5.97 Å². The van der Waals surface area contributed by atoms with Crippen LogP contribution in [0, 0.1) is 17.2 Å². The Labute approximate surface area is 107 Å². The molecular formula is C14H17NO3. The third-order valence-corrected chi connectivity index (χ3v) is 2.38. The molecule has 1 unspecified atom stereocenters. The van der Waals surface area contributed by atoms with E-state index < -0.39 is 11.9 Å². The molecule has 0 amide bonds. The number of hydrogen-bond donors (Lipinski definition) is 0. The minimum atomic E-state index is -0.690. The van der Waals surface area contributed by atoms with Crippen LogP contribution in [0.4, 0.5) is 0 Å². The van der Waals surface area contributed by atoms with E-state index in [4.69, 9.17) is 14.7 Å². The summed E-state index contributed by atoms with van der Waals surface area (Å²) in [6.07, 6.45) is 1.11. The Hall–Kier alpha value is -2.02. The average Bonchev–Trinajstić information content (AvgIpc) is 2.40. The fourth-order valence-corrected chi connectivity index (χ4v) is 1.47. The lowest BCUT2D eigenvalue weighted by molar-refractivity contribution is -0.146. The van der Waals surface area contributed by atoms with Crippen molar-refractivity contribution in [3.8, 4) is 11.8 Å². The van der Waals surface area contributed by atoms with Gasteiger partial charge in [-0.3, -0.25) is 4.79 Å². The van der Waals surface area contributed by atoms with Crippen LogP contribution >= 0.6 is 0 Å². The minimum absolute atomic E-state index is 0.303. The van der Waals surface area contributed by atoms with Crippen LogP contribution in [0.5, 0.6) is 5.75 Å². The van der Waals surface area contributed by atoms with Crippen molar-refractivity contribution < 1.29 is 14.3 Å². The molecule has 0 saturated heterocycles. The van der Waals surface area contributed by atoms with E-state index in [-0.39, 0.29) is 0 Å². The van der Waals surface area contributed by atoms with E-state index in [9.17, 15) is 4.79 Å². The molecule has 0 aliphatic rings. The first-order chi connectivity index (χ1) is 8.77. The standard InChI is InChI=1S/C14H17NO3/c1-2-17-14(16)12(11-15)7-6-10-18-13-8-4-3-5-9-13/h3-5,8-9,12H,2,6-7,10H2,1H3. The van der Waals surface area contributed by atoms with E-state index in [1.165, 1.54) is 0 Å². The monoisotopic (exact) mass is 247 g/mol. The largest absolute Gasteiger partial charge is 0.494 e. The third-order valence-electron chi connectivity index (χ3n) is 2.38. The van der Waals surface area contributed by atoms with Crippen molar-refractivity contribution in [1.29, 1.82) is 5.26 Å². The quantitative estimate of drug-likeness (QED) is 0.548. The molecule has 0 aromatic heterocycles. The molecular weight excluding hydrogens is 230 g/mol. The van der Waals surface area contributed by atoms with Gasteiger partial charge in [-0.25, -0.2) is 0 Å². The van der Waals surface area contributed by atoms with Gasteiger partial charge in [-0.15, -0.1) is 0 Å². The van der Waals surface area contributed by atoms with E-state index in [0.717, 1.165) is 5.75 Å². The van der Waals surface area contributed by atoms with Crippen LogP contribution in [0.25, 0.3) is 0 Å². The maximum Gasteiger partial charge on any atom is 0.323 e.